The highest BCUT2D eigenvalue weighted by atomic mass is 32.1. The van der Waals surface area contributed by atoms with Gasteiger partial charge in [-0.2, -0.15) is 0 Å². The van der Waals surface area contributed by atoms with E-state index < -0.39 is 0 Å². The van der Waals surface area contributed by atoms with Gasteiger partial charge in [-0.05, 0) is 17.5 Å². The second kappa shape index (κ2) is 4.90. The zero-order chi connectivity index (χ0) is 11.5. The van der Waals surface area contributed by atoms with Crippen LogP contribution in [0.25, 0.3) is 0 Å². The molecule has 3 rings (SSSR count). The lowest BCUT2D eigenvalue weighted by Gasteiger charge is -2.09. The molecular formula is C14H15NOS. The van der Waals surface area contributed by atoms with E-state index in [9.17, 15) is 0 Å². The highest BCUT2D eigenvalue weighted by molar-refractivity contribution is 7.09. The van der Waals surface area contributed by atoms with Crippen molar-refractivity contribution in [1.82, 2.24) is 5.32 Å². The summed E-state index contributed by atoms with van der Waals surface area (Å²) in [5.41, 5.74) is 1.34. The smallest absolute Gasteiger partial charge is 0.122 e. The van der Waals surface area contributed by atoms with Gasteiger partial charge in [0.25, 0.3) is 0 Å². The number of para-hydroxylation sites is 1. The lowest BCUT2D eigenvalue weighted by atomic mass is 10.0. The second-order valence-electron chi connectivity index (χ2n) is 4.26. The Bertz CT molecular complexity index is 481. The Labute approximate surface area is 105 Å². The van der Waals surface area contributed by atoms with Crippen LogP contribution in [0.1, 0.15) is 16.4 Å². The molecule has 1 aliphatic rings. The molecule has 1 aliphatic heterocycles. The van der Waals surface area contributed by atoms with Gasteiger partial charge in [-0.15, -0.1) is 11.3 Å². The molecule has 1 unspecified atom stereocenters. The lowest BCUT2D eigenvalue weighted by Crippen LogP contribution is -2.21. The monoisotopic (exact) mass is 245 g/mol. The van der Waals surface area contributed by atoms with E-state index in [0.717, 1.165) is 25.4 Å². The van der Waals surface area contributed by atoms with Crippen LogP contribution in [0.2, 0.25) is 0 Å². The Hall–Kier alpha value is -1.32. The summed E-state index contributed by atoms with van der Waals surface area (Å²) in [7, 11) is 0. The minimum absolute atomic E-state index is 0.492. The van der Waals surface area contributed by atoms with E-state index in [4.69, 9.17) is 4.74 Å². The molecular weight excluding hydrogens is 230 g/mol. The molecule has 1 aromatic carbocycles. The molecule has 0 radical (unpaired) electrons. The number of benzene rings is 1. The molecule has 1 aromatic heterocycles. The molecule has 2 aromatic rings. The maximum absolute atomic E-state index is 5.66. The lowest BCUT2D eigenvalue weighted by molar-refractivity contribution is 0.326. The SMILES string of the molecule is c1csc(CNCC2COc3ccccc32)c1. The maximum Gasteiger partial charge on any atom is 0.122 e. The Morgan fingerprint density at radius 3 is 3.06 bits per heavy atom. The number of fused-ring (bicyclic) bond motifs is 1. The molecule has 0 aliphatic carbocycles. The molecule has 3 heteroatoms. The first-order chi connectivity index (χ1) is 8.43. The second-order valence-corrected chi connectivity index (χ2v) is 5.29. The fourth-order valence-corrected chi connectivity index (χ4v) is 2.86. The number of rotatable bonds is 4. The summed E-state index contributed by atoms with van der Waals surface area (Å²) in [5, 5.41) is 5.62. The van der Waals surface area contributed by atoms with Gasteiger partial charge in [0.1, 0.15) is 5.75 Å². The van der Waals surface area contributed by atoms with E-state index in [1.54, 1.807) is 11.3 Å². The van der Waals surface area contributed by atoms with E-state index in [0.29, 0.717) is 5.92 Å². The van der Waals surface area contributed by atoms with Crippen LogP contribution in [-0.4, -0.2) is 13.2 Å². The van der Waals surface area contributed by atoms with Gasteiger partial charge in [-0.1, -0.05) is 24.3 Å². The highest BCUT2D eigenvalue weighted by Crippen LogP contribution is 2.32. The van der Waals surface area contributed by atoms with Crippen LogP contribution in [0.3, 0.4) is 0 Å². The average Bonchev–Trinajstić information content (AvgIpc) is 2.99. The molecule has 0 spiro atoms. The third kappa shape index (κ3) is 2.35. The van der Waals surface area contributed by atoms with Crippen molar-refractivity contribution in [2.24, 2.45) is 0 Å². The Kier molecular flexibility index (Phi) is 3.12. The fraction of sp³-hybridized carbons (Fsp3) is 0.286. The number of ether oxygens (including phenoxy) is 1. The van der Waals surface area contributed by atoms with Gasteiger partial charge < -0.3 is 10.1 Å². The Morgan fingerprint density at radius 2 is 2.18 bits per heavy atom. The summed E-state index contributed by atoms with van der Waals surface area (Å²) in [6.45, 7) is 2.74. The van der Waals surface area contributed by atoms with Crippen molar-refractivity contribution in [3.8, 4) is 5.75 Å². The average molecular weight is 245 g/mol. The van der Waals surface area contributed by atoms with Crippen LogP contribution in [0.4, 0.5) is 0 Å². The van der Waals surface area contributed by atoms with Gasteiger partial charge in [-0.25, -0.2) is 0 Å². The molecule has 88 valence electrons. The van der Waals surface area contributed by atoms with Crippen LogP contribution < -0.4 is 10.1 Å². The summed E-state index contributed by atoms with van der Waals surface area (Å²) in [5.74, 6) is 1.54. The van der Waals surface area contributed by atoms with E-state index in [1.165, 1.54) is 10.4 Å². The van der Waals surface area contributed by atoms with Gasteiger partial charge in [-0.3, -0.25) is 0 Å². The minimum Gasteiger partial charge on any atom is -0.493 e. The van der Waals surface area contributed by atoms with Crippen molar-refractivity contribution in [3.63, 3.8) is 0 Å². The van der Waals surface area contributed by atoms with Gasteiger partial charge in [0.05, 0.1) is 6.61 Å². The zero-order valence-electron chi connectivity index (χ0n) is 9.56. The minimum atomic E-state index is 0.492. The number of thiophene rings is 1. The molecule has 1 atom stereocenters. The van der Waals surface area contributed by atoms with Crippen molar-refractivity contribution in [1.29, 1.82) is 0 Å². The first kappa shape index (κ1) is 10.8. The van der Waals surface area contributed by atoms with Crippen LogP contribution in [0, 0.1) is 0 Å². The maximum atomic E-state index is 5.66. The molecule has 2 heterocycles. The topological polar surface area (TPSA) is 21.3 Å². The molecule has 0 saturated carbocycles. The highest BCUT2D eigenvalue weighted by Gasteiger charge is 2.22. The van der Waals surface area contributed by atoms with Crippen molar-refractivity contribution >= 4 is 11.3 Å². The van der Waals surface area contributed by atoms with Crippen LogP contribution >= 0.6 is 11.3 Å². The van der Waals surface area contributed by atoms with E-state index in [-0.39, 0.29) is 0 Å². The van der Waals surface area contributed by atoms with Crippen molar-refractivity contribution in [2.75, 3.05) is 13.2 Å². The Balaban J connectivity index is 1.57. The normalized spacial score (nSPS) is 17.8. The van der Waals surface area contributed by atoms with Gasteiger partial charge >= 0.3 is 0 Å². The largest absolute Gasteiger partial charge is 0.493 e. The van der Waals surface area contributed by atoms with E-state index in [1.807, 2.05) is 6.07 Å². The van der Waals surface area contributed by atoms with Crippen molar-refractivity contribution in [3.05, 3.63) is 52.2 Å². The standard InChI is InChI=1S/C14H15NOS/c1-2-6-14-13(5-1)11(10-16-14)8-15-9-12-4-3-7-17-12/h1-7,11,15H,8-10H2. The third-order valence-corrected chi connectivity index (χ3v) is 3.95. The summed E-state index contributed by atoms with van der Waals surface area (Å²) < 4.78 is 5.66. The molecule has 2 nitrogen and oxygen atoms in total. The van der Waals surface area contributed by atoms with Crippen molar-refractivity contribution < 1.29 is 4.74 Å². The molecule has 17 heavy (non-hydrogen) atoms. The number of nitrogens with one attached hydrogen (secondary N) is 1. The van der Waals surface area contributed by atoms with Gasteiger partial charge in [0, 0.05) is 29.4 Å². The van der Waals surface area contributed by atoms with Crippen LogP contribution in [0.5, 0.6) is 5.75 Å². The van der Waals surface area contributed by atoms with E-state index in [2.05, 4.69) is 41.0 Å². The summed E-state index contributed by atoms with van der Waals surface area (Å²) in [6.07, 6.45) is 0. The molecule has 0 bridgehead atoms. The third-order valence-electron chi connectivity index (χ3n) is 3.07. The quantitative estimate of drug-likeness (QED) is 0.894. The number of hydrogen-bond donors (Lipinski definition) is 1. The van der Waals surface area contributed by atoms with Gasteiger partial charge in [0.2, 0.25) is 0 Å². The Morgan fingerprint density at radius 1 is 1.24 bits per heavy atom. The first-order valence-corrected chi connectivity index (χ1v) is 6.76. The molecule has 1 N–H and O–H groups in total. The number of hydrogen-bond acceptors (Lipinski definition) is 3. The van der Waals surface area contributed by atoms with Crippen LogP contribution in [0.15, 0.2) is 41.8 Å². The molecule has 0 saturated heterocycles. The van der Waals surface area contributed by atoms with Crippen molar-refractivity contribution in [2.45, 2.75) is 12.5 Å². The first-order valence-electron chi connectivity index (χ1n) is 5.88. The summed E-state index contributed by atoms with van der Waals surface area (Å²) in [6, 6.07) is 12.6. The summed E-state index contributed by atoms with van der Waals surface area (Å²) in [4.78, 5) is 1.39. The predicted molar refractivity (Wildman–Crippen MR) is 70.7 cm³/mol. The zero-order valence-corrected chi connectivity index (χ0v) is 10.4. The molecule has 0 amide bonds. The fourth-order valence-electron chi connectivity index (χ4n) is 2.18. The van der Waals surface area contributed by atoms with E-state index >= 15 is 0 Å². The predicted octanol–water partition coefficient (Wildman–Crippen LogP) is 3.01. The molecule has 0 fully saturated rings. The van der Waals surface area contributed by atoms with Gasteiger partial charge in [0.15, 0.2) is 0 Å². The van der Waals surface area contributed by atoms with Crippen LogP contribution in [-0.2, 0) is 6.54 Å². The summed E-state index contributed by atoms with van der Waals surface area (Å²) >= 11 is 1.80.